The van der Waals surface area contributed by atoms with Crippen molar-refractivity contribution in [2.45, 2.75) is 19.8 Å². The van der Waals surface area contributed by atoms with Crippen LogP contribution >= 0.6 is 0 Å². The normalized spacial score (nSPS) is 13.4. The van der Waals surface area contributed by atoms with E-state index in [2.05, 4.69) is 22.4 Å². The fraction of sp³-hybridized carbons (Fsp3) is 0.467. The fourth-order valence-corrected chi connectivity index (χ4v) is 2.25. The highest BCUT2D eigenvalue weighted by Gasteiger charge is 2.20. The molecule has 0 radical (unpaired) electrons. The predicted octanol–water partition coefficient (Wildman–Crippen LogP) is 2.05. The van der Waals surface area contributed by atoms with Crippen LogP contribution in [0.25, 0.3) is 11.5 Å². The van der Waals surface area contributed by atoms with Gasteiger partial charge in [-0.1, -0.05) is 13.0 Å². The number of nitrogens with zero attached hydrogens (tertiary/aromatic N) is 2. The van der Waals surface area contributed by atoms with E-state index < -0.39 is 0 Å². The number of benzene rings is 1. The van der Waals surface area contributed by atoms with Gasteiger partial charge in [0, 0.05) is 6.42 Å². The Labute approximate surface area is 123 Å². The lowest BCUT2D eigenvalue weighted by atomic mass is 10.2. The Balaban J connectivity index is 1.74. The van der Waals surface area contributed by atoms with E-state index >= 15 is 0 Å². The molecule has 0 saturated heterocycles. The van der Waals surface area contributed by atoms with Gasteiger partial charge in [0.15, 0.2) is 11.5 Å². The molecule has 21 heavy (non-hydrogen) atoms. The monoisotopic (exact) mass is 289 g/mol. The molecule has 1 N–H and O–H groups in total. The summed E-state index contributed by atoms with van der Waals surface area (Å²) in [4.78, 5) is 0. The van der Waals surface area contributed by atoms with Crippen LogP contribution in [0.4, 0.5) is 0 Å². The van der Waals surface area contributed by atoms with E-state index in [1.807, 2.05) is 18.2 Å². The second-order valence-corrected chi connectivity index (χ2v) is 4.79. The van der Waals surface area contributed by atoms with E-state index in [-0.39, 0.29) is 0 Å². The highest BCUT2D eigenvalue weighted by Crippen LogP contribution is 2.39. The summed E-state index contributed by atoms with van der Waals surface area (Å²) in [5.74, 6) is 2.55. The SMILES string of the molecule is CCNCCCc1nnc(-c2cccc3c2OCCO3)o1. The van der Waals surface area contributed by atoms with Crippen LogP contribution in [-0.2, 0) is 6.42 Å². The molecular weight excluding hydrogens is 270 g/mol. The lowest BCUT2D eigenvalue weighted by Crippen LogP contribution is -2.15. The maximum Gasteiger partial charge on any atom is 0.251 e. The molecule has 1 aliphatic rings. The van der Waals surface area contributed by atoms with Crippen LogP contribution in [0, 0.1) is 0 Å². The summed E-state index contributed by atoms with van der Waals surface area (Å²) in [5, 5.41) is 11.5. The molecule has 1 aliphatic heterocycles. The van der Waals surface area contributed by atoms with E-state index in [1.165, 1.54) is 0 Å². The first-order valence-electron chi connectivity index (χ1n) is 7.30. The molecule has 0 saturated carbocycles. The van der Waals surface area contributed by atoms with Crippen molar-refractivity contribution in [1.29, 1.82) is 0 Å². The zero-order valence-corrected chi connectivity index (χ0v) is 12.1. The third-order valence-corrected chi connectivity index (χ3v) is 3.26. The molecule has 112 valence electrons. The van der Waals surface area contributed by atoms with Gasteiger partial charge >= 0.3 is 0 Å². The third kappa shape index (κ3) is 3.16. The smallest absolute Gasteiger partial charge is 0.251 e. The van der Waals surface area contributed by atoms with Gasteiger partial charge in [-0.05, 0) is 31.6 Å². The summed E-state index contributed by atoms with van der Waals surface area (Å²) in [5.41, 5.74) is 0.789. The largest absolute Gasteiger partial charge is 0.486 e. The average Bonchev–Trinajstić information content (AvgIpc) is 3.00. The van der Waals surface area contributed by atoms with Gasteiger partial charge in [0.2, 0.25) is 5.89 Å². The zero-order chi connectivity index (χ0) is 14.5. The zero-order valence-electron chi connectivity index (χ0n) is 12.1. The molecule has 0 unspecified atom stereocenters. The fourth-order valence-electron chi connectivity index (χ4n) is 2.25. The second kappa shape index (κ2) is 6.58. The number of fused-ring (bicyclic) bond motifs is 1. The van der Waals surface area contributed by atoms with Gasteiger partial charge in [-0.25, -0.2) is 0 Å². The Bertz CT molecular complexity index is 598. The molecule has 0 amide bonds. The van der Waals surface area contributed by atoms with Crippen molar-refractivity contribution in [2.75, 3.05) is 26.3 Å². The maximum atomic E-state index is 5.73. The van der Waals surface area contributed by atoms with Crippen molar-refractivity contribution in [3.05, 3.63) is 24.1 Å². The first-order chi connectivity index (χ1) is 10.4. The molecule has 2 heterocycles. The first-order valence-corrected chi connectivity index (χ1v) is 7.30. The molecule has 1 aromatic heterocycles. The molecule has 0 bridgehead atoms. The van der Waals surface area contributed by atoms with Crippen LogP contribution in [0.5, 0.6) is 11.5 Å². The van der Waals surface area contributed by atoms with Crippen LogP contribution in [0.2, 0.25) is 0 Å². The van der Waals surface area contributed by atoms with Crippen molar-refractivity contribution in [2.24, 2.45) is 0 Å². The number of hydrogen-bond donors (Lipinski definition) is 1. The van der Waals surface area contributed by atoms with Crippen LogP contribution in [0.3, 0.4) is 0 Å². The Hall–Kier alpha value is -2.08. The van der Waals surface area contributed by atoms with E-state index in [0.29, 0.717) is 30.7 Å². The summed E-state index contributed by atoms with van der Waals surface area (Å²) >= 11 is 0. The standard InChI is InChI=1S/C15H19N3O3/c1-2-16-8-4-7-13-17-18-15(21-13)11-5-3-6-12-14(11)20-10-9-19-12/h3,5-6,16H,2,4,7-10H2,1H3. The number of rotatable bonds is 6. The molecule has 6 nitrogen and oxygen atoms in total. The van der Waals surface area contributed by atoms with E-state index in [1.54, 1.807) is 0 Å². The van der Waals surface area contributed by atoms with Gasteiger partial charge in [-0.3, -0.25) is 0 Å². The topological polar surface area (TPSA) is 69.4 Å². The molecule has 0 spiro atoms. The number of ether oxygens (including phenoxy) is 2. The average molecular weight is 289 g/mol. The number of para-hydroxylation sites is 1. The van der Waals surface area contributed by atoms with Crippen LogP contribution < -0.4 is 14.8 Å². The summed E-state index contributed by atoms with van der Waals surface area (Å²) in [6.07, 6.45) is 1.74. The quantitative estimate of drug-likeness (QED) is 0.821. The van der Waals surface area contributed by atoms with Gasteiger partial charge in [0.05, 0.1) is 5.56 Å². The summed E-state index contributed by atoms with van der Waals surface area (Å²) < 4.78 is 17.0. The lowest BCUT2D eigenvalue weighted by molar-refractivity contribution is 0.172. The summed E-state index contributed by atoms with van der Waals surface area (Å²) in [6.45, 7) is 5.11. The Morgan fingerprint density at radius 2 is 2.10 bits per heavy atom. The molecular formula is C15H19N3O3. The number of aryl methyl sites for hydroxylation is 1. The van der Waals surface area contributed by atoms with Gasteiger partial charge in [-0.2, -0.15) is 0 Å². The molecule has 0 aliphatic carbocycles. The first kappa shape index (κ1) is 13.9. The number of hydrogen-bond acceptors (Lipinski definition) is 6. The van der Waals surface area contributed by atoms with Crippen molar-refractivity contribution >= 4 is 0 Å². The van der Waals surface area contributed by atoms with Crippen molar-refractivity contribution in [3.8, 4) is 23.0 Å². The van der Waals surface area contributed by atoms with E-state index in [0.717, 1.165) is 37.2 Å². The van der Waals surface area contributed by atoms with Crippen molar-refractivity contribution < 1.29 is 13.9 Å². The Morgan fingerprint density at radius 1 is 1.19 bits per heavy atom. The van der Waals surface area contributed by atoms with Crippen molar-refractivity contribution in [1.82, 2.24) is 15.5 Å². The van der Waals surface area contributed by atoms with Gasteiger partial charge in [0.25, 0.3) is 5.89 Å². The summed E-state index contributed by atoms with van der Waals surface area (Å²) in [6, 6.07) is 5.69. The minimum atomic E-state index is 0.482. The second-order valence-electron chi connectivity index (χ2n) is 4.79. The summed E-state index contributed by atoms with van der Waals surface area (Å²) in [7, 11) is 0. The van der Waals surface area contributed by atoms with E-state index in [4.69, 9.17) is 13.9 Å². The van der Waals surface area contributed by atoms with Gasteiger partial charge in [0.1, 0.15) is 13.2 Å². The Morgan fingerprint density at radius 3 is 3.00 bits per heavy atom. The number of aromatic nitrogens is 2. The van der Waals surface area contributed by atoms with Gasteiger partial charge < -0.3 is 19.2 Å². The highest BCUT2D eigenvalue weighted by atomic mass is 16.6. The van der Waals surface area contributed by atoms with Gasteiger partial charge in [-0.15, -0.1) is 10.2 Å². The molecule has 3 rings (SSSR count). The third-order valence-electron chi connectivity index (χ3n) is 3.26. The molecule has 2 aromatic rings. The minimum absolute atomic E-state index is 0.482. The van der Waals surface area contributed by atoms with Crippen LogP contribution in [-0.4, -0.2) is 36.5 Å². The Kier molecular flexibility index (Phi) is 4.35. The lowest BCUT2D eigenvalue weighted by Gasteiger charge is -2.19. The number of nitrogens with one attached hydrogen (secondary N) is 1. The minimum Gasteiger partial charge on any atom is -0.486 e. The molecule has 6 heteroatoms. The molecule has 0 fully saturated rings. The maximum absolute atomic E-state index is 5.73. The van der Waals surface area contributed by atoms with Crippen molar-refractivity contribution in [3.63, 3.8) is 0 Å². The van der Waals surface area contributed by atoms with E-state index in [9.17, 15) is 0 Å². The predicted molar refractivity (Wildman–Crippen MR) is 77.6 cm³/mol. The highest BCUT2D eigenvalue weighted by molar-refractivity contribution is 5.67. The molecule has 1 aromatic carbocycles. The van der Waals surface area contributed by atoms with Crippen LogP contribution in [0.1, 0.15) is 19.2 Å². The molecule has 0 atom stereocenters. The van der Waals surface area contributed by atoms with Crippen LogP contribution in [0.15, 0.2) is 22.6 Å².